The third kappa shape index (κ3) is 4.64. The normalized spacial score (nSPS) is 18.8. The lowest BCUT2D eigenvalue weighted by molar-refractivity contribution is -0.0240. The van der Waals surface area contributed by atoms with Gasteiger partial charge in [0.1, 0.15) is 5.82 Å². The lowest BCUT2D eigenvalue weighted by atomic mass is 10.2. The first kappa shape index (κ1) is 16.2. The van der Waals surface area contributed by atoms with Gasteiger partial charge in [0.2, 0.25) is 5.28 Å². The summed E-state index contributed by atoms with van der Waals surface area (Å²) in [7, 11) is 0. The number of halogens is 1. The second-order valence-corrected chi connectivity index (χ2v) is 6.10. The van der Waals surface area contributed by atoms with Crippen molar-refractivity contribution in [1.82, 2.24) is 14.9 Å². The van der Waals surface area contributed by atoms with Crippen LogP contribution in [0.2, 0.25) is 5.28 Å². The van der Waals surface area contributed by atoms with Crippen molar-refractivity contribution >= 4 is 17.4 Å². The number of nitrogens with zero attached hydrogens (tertiary/aromatic N) is 3. The van der Waals surface area contributed by atoms with Crippen molar-refractivity contribution in [2.24, 2.45) is 0 Å². The van der Waals surface area contributed by atoms with E-state index in [0.717, 1.165) is 37.6 Å². The van der Waals surface area contributed by atoms with E-state index in [9.17, 15) is 0 Å². The highest BCUT2D eigenvalue weighted by molar-refractivity contribution is 6.28. The smallest absolute Gasteiger partial charge is 0.224 e. The molecule has 2 aromatic rings. The van der Waals surface area contributed by atoms with E-state index in [1.165, 1.54) is 5.56 Å². The van der Waals surface area contributed by atoms with Crippen molar-refractivity contribution in [3.05, 3.63) is 52.9 Å². The number of hydrogen-bond donors (Lipinski definition) is 1. The van der Waals surface area contributed by atoms with Gasteiger partial charge in [-0.2, -0.15) is 0 Å². The van der Waals surface area contributed by atoms with Crippen LogP contribution in [0.5, 0.6) is 0 Å². The summed E-state index contributed by atoms with van der Waals surface area (Å²) in [5.41, 5.74) is 2.31. The van der Waals surface area contributed by atoms with Gasteiger partial charge >= 0.3 is 0 Å². The summed E-state index contributed by atoms with van der Waals surface area (Å²) in [5.74, 6) is 0.772. The van der Waals surface area contributed by atoms with E-state index in [1.807, 2.05) is 13.0 Å². The molecular formula is C17H21ClN4O. The number of ether oxygens (including phenoxy) is 1. The van der Waals surface area contributed by atoms with Gasteiger partial charge in [-0.15, -0.1) is 0 Å². The number of morpholine rings is 1. The molecule has 2 heterocycles. The minimum absolute atomic E-state index is 0.139. The second kappa shape index (κ2) is 7.73. The summed E-state index contributed by atoms with van der Waals surface area (Å²) in [6, 6.07) is 10.5. The summed E-state index contributed by atoms with van der Waals surface area (Å²) < 4.78 is 5.86. The van der Waals surface area contributed by atoms with Crippen LogP contribution in [-0.2, 0) is 11.3 Å². The maximum absolute atomic E-state index is 5.86. The molecule has 1 aliphatic heterocycles. The fourth-order valence-electron chi connectivity index (χ4n) is 2.70. The number of anilines is 1. The van der Waals surface area contributed by atoms with Crippen molar-refractivity contribution in [2.75, 3.05) is 31.6 Å². The molecule has 1 fully saturated rings. The molecule has 1 saturated heterocycles. The Hall–Kier alpha value is -1.69. The number of rotatable bonds is 5. The summed E-state index contributed by atoms with van der Waals surface area (Å²) in [4.78, 5) is 10.6. The first-order valence-corrected chi connectivity index (χ1v) is 8.19. The molecule has 0 saturated carbocycles. The van der Waals surface area contributed by atoms with Gasteiger partial charge in [-0.1, -0.05) is 30.3 Å². The summed E-state index contributed by atoms with van der Waals surface area (Å²) >= 11 is 5.85. The summed E-state index contributed by atoms with van der Waals surface area (Å²) in [6.07, 6.45) is 1.86. The molecule has 1 N–H and O–H groups in total. The minimum Gasteiger partial charge on any atom is -0.374 e. The van der Waals surface area contributed by atoms with Crippen LogP contribution in [0.3, 0.4) is 0 Å². The van der Waals surface area contributed by atoms with E-state index in [4.69, 9.17) is 16.3 Å². The van der Waals surface area contributed by atoms with Crippen LogP contribution in [0.1, 0.15) is 11.1 Å². The Bertz CT molecular complexity index is 638. The number of aromatic nitrogens is 2. The van der Waals surface area contributed by atoms with Gasteiger partial charge in [0.15, 0.2) is 0 Å². The van der Waals surface area contributed by atoms with Crippen LogP contribution in [0.15, 0.2) is 36.5 Å². The zero-order valence-electron chi connectivity index (χ0n) is 13.2. The number of nitrogens with one attached hydrogen (secondary N) is 1. The fourth-order valence-corrected chi connectivity index (χ4v) is 2.83. The van der Waals surface area contributed by atoms with Crippen molar-refractivity contribution in [2.45, 2.75) is 19.6 Å². The van der Waals surface area contributed by atoms with E-state index < -0.39 is 0 Å². The Morgan fingerprint density at radius 1 is 1.35 bits per heavy atom. The zero-order chi connectivity index (χ0) is 16.1. The van der Waals surface area contributed by atoms with Crippen molar-refractivity contribution in [1.29, 1.82) is 0 Å². The van der Waals surface area contributed by atoms with Gasteiger partial charge in [-0.25, -0.2) is 9.97 Å². The van der Waals surface area contributed by atoms with Crippen molar-refractivity contribution < 1.29 is 4.74 Å². The Balaban J connectivity index is 1.53. The first-order chi connectivity index (χ1) is 11.2. The SMILES string of the molecule is Cc1cnc(Cl)nc1NCC1CN(Cc2ccccc2)CCO1. The van der Waals surface area contributed by atoms with Crippen LogP contribution in [0.4, 0.5) is 5.82 Å². The third-order valence-electron chi connectivity index (χ3n) is 3.91. The highest BCUT2D eigenvalue weighted by Gasteiger charge is 2.20. The molecule has 1 aliphatic rings. The highest BCUT2D eigenvalue weighted by atomic mass is 35.5. The predicted octanol–water partition coefficient (Wildman–Crippen LogP) is 2.75. The molecule has 0 radical (unpaired) electrons. The molecule has 23 heavy (non-hydrogen) atoms. The fraction of sp³-hybridized carbons (Fsp3) is 0.412. The standard InChI is InChI=1S/C17H21ClN4O/c1-13-9-20-17(18)21-16(13)19-10-15-12-22(7-8-23-15)11-14-5-3-2-4-6-14/h2-6,9,15H,7-8,10-12H2,1H3,(H,19,20,21). The average molecular weight is 333 g/mol. The first-order valence-electron chi connectivity index (χ1n) is 7.81. The molecule has 1 atom stereocenters. The van der Waals surface area contributed by atoms with Gasteiger partial charge in [0.25, 0.3) is 0 Å². The Morgan fingerprint density at radius 3 is 3.00 bits per heavy atom. The molecule has 0 aliphatic carbocycles. The largest absolute Gasteiger partial charge is 0.374 e. The highest BCUT2D eigenvalue weighted by Crippen LogP contribution is 2.15. The van der Waals surface area contributed by atoms with Crippen LogP contribution in [0.25, 0.3) is 0 Å². The van der Waals surface area contributed by atoms with E-state index >= 15 is 0 Å². The van der Waals surface area contributed by atoms with E-state index in [2.05, 4.69) is 44.5 Å². The van der Waals surface area contributed by atoms with Gasteiger partial charge in [0.05, 0.1) is 12.7 Å². The third-order valence-corrected chi connectivity index (χ3v) is 4.09. The molecule has 1 aromatic heterocycles. The molecule has 5 nitrogen and oxygen atoms in total. The molecule has 0 amide bonds. The Morgan fingerprint density at radius 2 is 2.17 bits per heavy atom. The molecule has 0 spiro atoms. The van der Waals surface area contributed by atoms with Crippen LogP contribution >= 0.6 is 11.6 Å². The van der Waals surface area contributed by atoms with E-state index in [1.54, 1.807) is 6.20 Å². The second-order valence-electron chi connectivity index (χ2n) is 5.77. The quantitative estimate of drug-likeness (QED) is 0.853. The van der Waals surface area contributed by atoms with Crippen molar-refractivity contribution in [3.63, 3.8) is 0 Å². The number of benzene rings is 1. The van der Waals surface area contributed by atoms with E-state index in [0.29, 0.717) is 6.54 Å². The molecular weight excluding hydrogens is 312 g/mol. The Kier molecular flexibility index (Phi) is 5.43. The lowest BCUT2D eigenvalue weighted by Crippen LogP contribution is -2.44. The molecule has 0 bridgehead atoms. The van der Waals surface area contributed by atoms with Gasteiger partial charge in [-0.05, 0) is 24.1 Å². The molecule has 1 unspecified atom stereocenters. The van der Waals surface area contributed by atoms with Crippen LogP contribution in [0, 0.1) is 6.92 Å². The monoisotopic (exact) mass is 332 g/mol. The maximum Gasteiger partial charge on any atom is 0.224 e. The zero-order valence-corrected chi connectivity index (χ0v) is 14.0. The summed E-state index contributed by atoms with van der Waals surface area (Å²) in [6.45, 7) is 6.24. The number of hydrogen-bond acceptors (Lipinski definition) is 5. The lowest BCUT2D eigenvalue weighted by Gasteiger charge is -2.33. The maximum atomic E-state index is 5.86. The Labute approximate surface area is 141 Å². The van der Waals surface area contributed by atoms with E-state index in [-0.39, 0.29) is 11.4 Å². The topological polar surface area (TPSA) is 50.3 Å². The van der Waals surface area contributed by atoms with Crippen LogP contribution < -0.4 is 5.32 Å². The summed E-state index contributed by atoms with van der Waals surface area (Å²) in [5, 5.41) is 3.58. The minimum atomic E-state index is 0.139. The number of aryl methyl sites for hydroxylation is 1. The molecule has 3 rings (SSSR count). The molecule has 1 aromatic carbocycles. The van der Waals surface area contributed by atoms with Gasteiger partial charge in [-0.3, -0.25) is 4.90 Å². The molecule has 122 valence electrons. The average Bonchev–Trinajstić information content (AvgIpc) is 2.57. The predicted molar refractivity (Wildman–Crippen MR) is 91.7 cm³/mol. The van der Waals surface area contributed by atoms with Gasteiger partial charge in [0, 0.05) is 37.9 Å². The molecule has 6 heteroatoms. The van der Waals surface area contributed by atoms with Gasteiger partial charge < -0.3 is 10.1 Å². The van der Waals surface area contributed by atoms with Crippen LogP contribution in [-0.4, -0.2) is 47.2 Å². The van der Waals surface area contributed by atoms with Crippen molar-refractivity contribution in [3.8, 4) is 0 Å².